The minimum atomic E-state index is -0.763. The van der Waals surface area contributed by atoms with Crippen LogP contribution < -0.4 is 5.32 Å². The van der Waals surface area contributed by atoms with Crippen LogP contribution in [-0.2, 0) is 9.59 Å². The minimum absolute atomic E-state index is 0.0302. The fourth-order valence-corrected chi connectivity index (χ4v) is 3.24. The van der Waals surface area contributed by atoms with E-state index >= 15 is 0 Å². The number of hydrogen-bond donors (Lipinski definition) is 1. The van der Waals surface area contributed by atoms with Gasteiger partial charge in [0.25, 0.3) is 0 Å². The summed E-state index contributed by atoms with van der Waals surface area (Å²) < 4.78 is 0. The first-order valence-corrected chi connectivity index (χ1v) is 6.99. The average molecular weight is 252 g/mol. The molecule has 18 heavy (non-hydrogen) atoms. The molecule has 0 radical (unpaired) electrons. The largest absolute Gasteiger partial charge is 0.340 e. The highest BCUT2D eigenvalue weighted by Crippen LogP contribution is 2.32. The molecule has 3 unspecified atom stereocenters. The number of hydrogen-bond acceptors (Lipinski definition) is 2. The molecule has 1 saturated carbocycles. The van der Waals surface area contributed by atoms with E-state index < -0.39 is 5.54 Å². The fourth-order valence-electron chi connectivity index (χ4n) is 3.24. The van der Waals surface area contributed by atoms with Crippen LogP contribution in [0.3, 0.4) is 0 Å². The van der Waals surface area contributed by atoms with Crippen molar-refractivity contribution in [3.8, 4) is 0 Å². The fraction of sp³-hybridized carbons (Fsp3) is 0.857. The number of carbonyl (C=O) groups excluding carboxylic acids is 2. The van der Waals surface area contributed by atoms with Crippen LogP contribution in [0, 0.1) is 5.92 Å². The van der Waals surface area contributed by atoms with Crippen LogP contribution >= 0.6 is 0 Å². The smallest absolute Gasteiger partial charge is 0.248 e. The second-order valence-corrected chi connectivity index (χ2v) is 6.33. The van der Waals surface area contributed by atoms with Gasteiger partial charge in [-0.2, -0.15) is 0 Å². The second kappa shape index (κ2) is 4.56. The topological polar surface area (TPSA) is 49.4 Å². The number of carbonyl (C=O) groups is 2. The molecule has 1 saturated heterocycles. The van der Waals surface area contributed by atoms with E-state index in [-0.39, 0.29) is 23.9 Å². The van der Waals surface area contributed by atoms with E-state index in [1.54, 1.807) is 13.8 Å². The van der Waals surface area contributed by atoms with Crippen LogP contribution in [0.5, 0.6) is 0 Å². The van der Waals surface area contributed by atoms with Crippen molar-refractivity contribution in [2.75, 3.05) is 0 Å². The van der Waals surface area contributed by atoms with Crippen molar-refractivity contribution in [2.24, 2.45) is 5.92 Å². The zero-order chi connectivity index (χ0) is 13.5. The molecule has 102 valence electrons. The van der Waals surface area contributed by atoms with Crippen molar-refractivity contribution in [2.45, 2.75) is 71.0 Å². The zero-order valence-electron chi connectivity index (χ0n) is 11.8. The summed E-state index contributed by atoms with van der Waals surface area (Å²) in [4.78, 5) is 26.4. The number of piperazine rings is 1. The first-order valence-electron chi connectivity index (χ1n) is 6.99. The summed E-state index contributed by atoms with van der Waals surface area (Å²) in [6, 6.07) is -0.109. The summed E-state index contributed by atoms with van der Waals surface area (Å²) in [6.07, 6.45) is 4.58. The summed E-state index contributed by atoms with van der Waals surface area (Å²) >= 11 is 0. The summed E-state index contributed by atoms with van der Waals surface area (Å²) in [5, 5.41) is 2.81. The molecule has 0 spiro atoms. The highest BCUT2D eigenvalue weighted by Gasteiger charge is 2.47. The van der Waals surface area contributed by atoms with E-state index in [2.05, 4.69) is 12.2 Å². The van der Waals surface area contributed by atoms with Crippen molar-refractivity contribution in [1.82, 2.24) is 10.2 Å². The van der Waals surface area contributed by atoms with E-state index in [0.717, 1.165) is 19.3 Å². The Morgan fingerprint density at radius 2 is 1.78 bits per heavy atom. The van der Waals surface area contributed by atoms with Gasteiger partial charge in [0.15, 0.2) is 0 Å². The minimum Gasteiger partial charge on any atom is -0.340 e. The van der Waals surface area contributed by atoms with Crippen LogP contribution in [0.25, 0.3) is 0 Å². The molecule has 1 heterocycles. The maximum atomic E-state index is 12.6. The molecule has 0 aromatic rings. The molecular weight excluding hydrogens is 228 g/mol. The van der Waals surface area contributed by atoms with Crippen LogP contribution in [0.15, 0.2) is 0 Å². The maximum absolute atomic E-state index is 12.6. The van der Waals surface area contributed by atoms with Gasteiger partial charge in [-0.3, -0.25) is 9.59 Å². The van der Waals surface area contributed by atoms with Crippen LogP contribution in [-0.4, -0.2) is 34.3 Å². The lowest BCUT2D eigenvalue weighted by molar-refractivity contribution is -0.157. The van der Waals surface area contributed by atoms with Crippen molar-refractivity contribution < 1.29 is 9.59 Å². The SMILES string of the molecule is CC1CCCCC1N1C(=O)C(C)(C)NC(=O)C1C. The Morgan fingerprint density at radius 3 is 2.39 bits per heavy atom. The van der Waals surface area contributed by atoms with Gasteiger partial charge in [-0.05, 0) is 39.5 Å². The molecule has 1 N–H and O–H groups in total. The van der Waals surface area contributed by atoms with Crippen molar-refractivity contribution in [3.63, 3.8) is 0 Å². The van der Waals surface area contributed by atoms with Crippen LogP contribution in [0.4, 0.5) is 0 Å². The Balaban J connectivity index is 2.27. The zero-order valence-corrected chi connectivity index (χ0v) is 11.8. The lowest BCUT2D eigenvalue weighted by Crippen LogP contribution is -2.70. The van der Waals surface area contributed by atoms with Crippen molar-refractivity contribution >= 4 is 11.8 Å². The molecule has 2 rings (SSSR count). The third-order valence-corrected chi connectivity index (χ3v) is 4.43. The Morgan fingerprint density at radius 1 is 1.17 bits per heavy atom. The molecule has 4 heteroatoms. The first-order chi connectivity index (χ1) is 8.34. The Kier molecular flexibility index (Phi) is 3.39. The molecule has 0 aromatic carbocycles. The summed E-state index contributed by atoms with van der Waals surface area (Å²) in [5.41, 5.74) is -0.763. The quantitative estimate of drug-likeness (QED) is 0.772. The van der Waals surface area contributed by atoms with E-state index in [9.17, 15) is 9.59 Å². The Hall–Kier alpha value is -1.06. The molecule has 0 aromatic heterocycles. The number of nitrogens with zero attached hydrogens (tertiary/aromatic N) is 1. The van der Waals surface area contributed by atoms with E-state index in [1.165, 1.54) is 6.42 Å². The monoisotopic (exact) mass is 252 g/mol. The van der Waals surface area contributed by atoms with Gasteiger partial charge in [-0.15, -0.1) is 0 Å². The van der Waals surface area contributed by atoms with E-state index in [1.807, 2.05) is 11.8 Å². The van der Waals surface area contributed by atoms with Gasteiger partial charge in [0.05, 0.1) is 0 Å². The highest BCUT2D eigenvalue weighted by molar-refractivity contribution is 5.99. The molecule has 2 fully saturated rings. The molecule has 3 atom stereocenters. The van der Waals surface area contributed by atoms with Gasteiger partial charge < -0.3 is 10.2 Å². The van der Waals surface area contributed by atoms with Gasteiger partial charge in [-0.25, -0.2) is 0 Å². The van der Waals surface area contributed by atoms with E-state index in [4.69, 9.17) is 0 Å². The molecule has 4 nitrogen and oxygen atoms in total. The molecule has 1 aliphatic carbocycles. The van der Waals surface area contributed by atoms with Crippen molar-refractivity contribution in [1.29, 1.82) is 0 Å². The maximum Gasteiger partial charge on any atom is 0.248 e. The van der Waals surface area contributed by atoms with Crippen LogP contribution in [0.2, 0.25) is 0 Å². The number of amides is 2. The first kappa shape index (κ1) is 13.4. The molecule has 1 aliphatic heterocycles. The van der Waals surface area contributed by atoms with Gasteiger partial charge in [-0.1, -0.05) is 19.8 Å². The van der Waals surface area contributed by atoms with Gasteiger partial charge >= 0.3 is 0 Å². The predicted octanol–water partition coefficient (Wildman–Crippen LogP) is 1.69. The normalized spacial score (nSPS) is 36.4. The van der Waals surface area contributed by atoms with Crippen LogP contribution in [0.1, 0.15) is 53.4 Å². The van der Waals surface area contributed by atoms with Crippen molar-refractivity contribution in [3.05, 3.63) is 0 Å². The Labute approximate surface area is 109 Å². The summed E-state index contributed by atoms with van der Waals surface area (Å²) in [7, 11) is 0. The molecule has 2 aliphatic rings. The van der Waals surface area contributed by atoms with Gasteiger partial charge in [0.1, 0.15) is 11.6 Å². The second-order valence-electron chi connectivity index (χ2n) is 6.33. The highest BCUT2D eigenvalue weighted by atomic mass is 16.2. The summed E-state index contributed by atoms with van der Waals surface area (Å²) in [5.74, 6) is 0.526. The standard InChI is InChI=1S/C14H24N2O2/c1-9-7-5-6-8-11(9)16-10(2)12(17)15-14(3,4)13(16)18/h9-11H,5-8H2,1-4H3,(H,15,17). The molecule has 0 bridgehead atoms. The average Bonchev–Trinajstić information content (AvgIpc) is 2.29. The third kappa shape index (κ3) is 2.13. The predicted molar refractivity (Wildman–Crippen MR) is 69.9 cm³/mol. The van der Waals surface area contributed by atoms with Gasteiger partial charge in [0.2, 0.25) is 11.8 Å². The molecular formula is C14H24N2O2. The third-order valence-electron chi connectivity index (χ3n) is 4.43. The van der Waals surface area contributed by atoms with Gasteiger partial charge in [0, 0.05) is 6.04 Å². The van der Waals surface area contributed by atoms with E-state index in [0.29, 0.717) is 5.92 Å². The number of nitrogens with one attached hydrogen (secondary N) is 1. The Bertz CT molecular complexity index is 365. The lowest BCUT2D eigenvalue weighted by Gasteiger charge is -2.48. The summed E-state index contributed by atoms with van der Waals surface area (Å²) in [6.45, 7) is 7.62. The molecule has 2 amide bonds. The number of rotatable bonds is 1. The lowest BCUT2D eigenvalue weighted by atomic mass is 9.82.